The molecule has 0 unspecified atom stereocenters. The van der Waals surface area contributed by atoms with E-state index in [0.29, 0.717) is 22.7 Å². The van der Waals surface area contributed by atoms with Crippen LogP contribution in [0.5, 0.6) is 5.75 Å². The topological polar surface area (TPSA) is 76.7 Å². The maximum atomic E-state index is 12.4. The highest BCUT2D eigenvalue weighted by Crippen LogP contribution is 2.24. The van der Waals surface area contributed by atoms with Crippen LogP contribution in [0.15, 0.2) is 48.5 Å². The van der Waals surface area contributed by atoms with Crippen molar-refractivity contribution in [1.82, 2.24) is 0 Å². The Hall–Kier alpha value is -3.02. The lowest BCUT2D eigenvalue weighted by Crippen LogP contribution is -2.27. The number of rotatable bonds is 4. The van der Waals surface area contributed by atoms with Crippen LogP contribution in [-0.2, 0) is 4.74 Å². The van der Waals surface area contributed by atoms with Gasteiger partial charge in [0.15, 0.2) is 0 Å². The van der Waals surface area contributed by atoms with Gasteiger partial charge in [-0.2, -0.15) is 0 Å². The molecule has 0 aromatic heterocycles. The molecule has 132 valence electrons. The van der Waals surface area contributed by atoms with E-state index in [2.05, 4.69) is 10.6 Å². The highest BCUT2D eigenvalue weighted by atomic mass is 16.6. The van der Waals surface area contributed by atoms with Crippen molar-refractivity contribution in [1.29, 1.82) is 0 Å². The normalized spacial score (nSPS) is 10.7. The molecule has 6 nitrogen and oxygen atoms in total. The molecular weight excluding hydrogens is 320 g/mol. The number of ether oxygens (including phenoxy) is 2. The van der Waals surface area contributed by atoms with Crippen LogP contribution in [0.25, 0.3) is 0 Å². The lowest BCUT2D eigenvalue weighted by atomic mass is 10.1. The zero-order valence-electron chi connectivity index (χ0n) is 14.8. The van der Waals surface area contributed by atoms with Gasteiger partial charge in [0.2, 0.25) is 0 Å². The number of benzene rings is 2. The Balaban J connectivity index is 2.10. The summed E-state index contributed by atoms with van der Waals surface area (Å²) in [7, 11) is 1.54. The molecule has 2 rings (SSSR count). The molecule has 0 aliphatic carbocycles. The summed E-state index contributed by atoms with van der Waals surface area (Å²) in [6, 6.07) is 13.7. The van der Waals surface area contributed by atoms with Crippen molar-refractivity contribution in [3.8, 4) is 5.75 Å². The summed E-state index contributed by atoms with van der Waals surface area (Å²) < 4.78 is 10.4. The second-order valence-corrected chi connectivity index (χ2v) is 6.36. The molecule has 2 N–H and O–H groups in total. The molecule has 6 heteroatoms. The summed E-state index contributed by atoms with van der Waals surface area (Å²) in [5.74, 6) is 0.260. The van der Waals surface area contributed by atoms with Gasteiger partial charge in [-0.3, -0.25) is 10.1 Å². The molecule has 0 bridgehead atoms. The molecule has 0 saturated heterocycles. The van der Waals surface area contributed by atoms with E-state index in [0.717, 1.165) is 0 Å². The Morgan fingerprint density at radius 1 is 0.960 bits per heavy atom. The molecule has 0 aliphatic rings. The van der Waals surface area contributed by atoms with Crippen molar-refractivity contribution < 1.29 is 19.1 Å². The lowest BCUT2D eigenvalue weighted by Gasteiger charge is -2.19. The standard InChI is InChI=1S/C19H22N2O4/c1-19(2,3)25-18(23)20-14-9-7-8-13(12-14)17(22)21-15-10-5-6-11-16(15)24-4/h5-12H,1-4H3,(H,20,23)(H,21,22). The van der Waals surface area contributed by atoms with Gasteiger partial charge in [-0.25, -0.2) is 4.79 Å². The molecule has 0 aliphatic heterocycles. The van der Waals surface area contributed by atoms with Gasteiger partial charge >= 0.3 is 6.09 Å². The number of para-hydroxylation sites is 2. The summed E-state index contributed by atoms with van der Waals surface area (Å²) >= 11 is 0. The summed E-state index contributed by atoms with van der Waals surface area (Å²) in [5.41, 5.74) is 0.852. The van der Waals surface area contributed by atoms with Crippen molar-refractivity contribution >= 4 is 23.4 Å². The highest BCUT2D eigenvalue weighted by molar-refractivity contribution is 6.05. The first kappa shape index (κ1) is 18.3. The Kier molecular flexibility index (Phi) is 5.64. The third-order valence-electron chi connectivity index (χ3n) is 3.13. The van der Waals surface area contributed by atoms with E-state index < -0.39 is 11.7 Å². The first-order chi connectivity index (χ1) is 11.8. The van der Waals surface area contributed by atoms with E-state index in [1.807, 2.05) is 6.07 Å². The van der Waals surface area contributed by atoms with E-state index in [-0.39, 0.29) is 5.91 Å². The van der Waals surface area contributed by atoms with Crippen LogP contribution in [0, 0.1) is 0 Å². The zero-order valence-corrected chi connectivity index (χ0v) is 14.8. The molecule has 25 heavy (non-hydrogen) atoms. The third kappa shape index (κ3) is 5.53. The Morgan fingerprint density at radius 2 is 1.68 bits per heavy atom. The van der Waals surface area contributed by atoms with E-state index in [9.17, 15) is 9.59 Å². The minimum atomic E-state index is -0.594. The number of carbonyl (C=O) groups excluding carboxylic acids is 2. The van der Waals surface area contributed by atoms with Gasteiger partial charge in [0.25, 0.3) is 5.91 Å². The number of carbonyl (C=O) groups is 2. The predicted molar refractivity (Wildman–Crippen MR) is 97.2 cm³/mol. The Bertz CT molecular complexity index is 766. The van der Waals surface area contributed by atoms with E-state index in [4.69, 9.17) is 9.47 Å². The summed E-state index contributed by atoms with van der Waals surface area (Å²) in [5, 5.41) is 5.40. The molecule has 0 saturated carbocycles. The summed E-state index contributed by atoms with van der Waals surface area (Å²) in [6.45, 7) is 5.34. The molecule has 2 aromatic carbocycles. The molecule has 0 radical (unpaired) electrons. The molecule has 0 atom stereocenters. The summed E-state index contributed by atoms with van der Waals surface area (Å²) in [4.78, 5) is 24.3. The van der Waals surface area contributed by atoms with Gasteiger partial charge < -0.3 is 14.8 Å². The Labute approximate surface area is 147 Å². The molecule has 0 fully saturated rings. The fourth-order valence-corrected chi connectivity index (χ4v) is 2.10. The minimum Gasteiger partial charge on any atom is -0.495 e. The quantitative estimate of drug-likeness (QED) is 0.869. The van der Waals surface area contributed by atoms with Gasteiger partial charge in [-0.05, 0) is 51.1 Å². The fourth-order valence-electron chi connectivity index (χ4n) is 2.10. The third-order valence-corrected chi connectivity index (χ3v) is 3.13. The molecule has 0 heterocycles. The second-order valence-electron chi connectivity index (χ2n) is 6.36. The maximum absolute atomic E-state index is 12.4. The van der Waals surface area contributed by atoms with Crippen molar-refractivity contribution in [2.75, 3.05) is 17.7 Å². The molecule has 2 amide bonds. The van der Waals surface area contributed by atoms with Gasteiger partial charge in [0.05, 0.1) is 12.8 Å². The van der Waals surface area contributed by atoms with E-state index in [1.165, 1.54) is 7.11 Å². The molecule has 2 aromatic rings. The zero-order chi connectivity index (χ0) is 18.4. The average Bonchev–Trinajstić information content (AvgIpc) is 2.53. The van der Waals surface area contributed by atoms with Crippen LogP contribution >= 0.6 is 0 Å². The highest BCUT2D eigenvalue weighted by Gasteiger charge is 2.17. The van der Waals surface area contributed by atoms with Crippen LogP contribution in [0.4, 0.5) is 16.2 Å². The minimum absolute atomic E-state index is 0.308. The number of hydrogen-bond acceptors (Lipinski definition) is 4. The first-order valence-corrected chi connectivity index (χ1v) is 7.83. The van der Waals surface area contributed by atoms with Crippen LogP contribution in [0.2, 0.25) is 0 Å². The van der Waals surface area contributed by atoms with Crippen LogP contribution in [0.3, 0.4) is 0 Å². The monoisotopic (exact) mass is 342 g/mol. The number of nitrogens with one attached hydrogen (secondary N) is 2. The van der Waals surface area contributed by atoms with Crippen molar-refractivity contribution in [2.45, 2.75) is 26.4 Å². The van der Waals surface area contributed by atoms with Gasteiger partial charge in [0, 0.05) is 11.3 Å². The number of amides is 2. The largest absolute Gasteiger partial charge is 0.495 e. The molecular formula is C19H22N2O4. The van der Waals surface area contributed by atoms with Crippen LogP contribution in [-0.4, -0.2) is 24.7 Å². The van der Waals surface area contributed by atoms with Gasteiger partial charge in [-0.15, -0.1) is 0 Å². The van der Waals surface area contributed by atoms with E-state index >= 15 is 0 Å². The van der Waals surface area contributed by atoms with Gasteiger partial charge in [-0.1, -0.05) is 18.2 Å². The smallest absolute Gasteiger partial charge is 0.412 e. The maximum Gasteiger partial charge on any atom is 0.412 e. The van der Waals surface area contributed by atoms with Crippen molar-refractivity contribution in [3.63, 3.8) is 0 Å². The SMILES string of the molecule is COc1ccccc1NC(=O)c1cccc(NC(=O)OC(C)(C)C)c1. The van der Waals surface area contributed by atoms with Gasteiger partial charge in [0.1, 0.15) is 11.4 Å². The Morgan fingerprint density at radius 3 is 2.36 bits per heavy atom. The first-order valence-electron chi connectivity index (χ1n) is 7.83. The molecule has 0 spiro atoms. The predicted octanol–water partition coefficient (Wildman–Crippen LogP) is 4.29. The number of anilines is 2. The van der Waals surface area contributed by atoms with Crippen LogP contribution < -0.4 is 15.4 Å². The fraction of sp³-hybridized carbons (Fsp3) is 0.263. The lowest BCUT2D eigenvalue weighted by molar-refractivity contribution is 0.0635. The van der Waals surface area contributed by atoms with Crippen molar-refractivity contribution in [3.05, 3.63) is 54.1 Å². The van der Waals surface area contributed by atoms with E-state index in [1.54, 1.807) is 63.2 Å². The number of methoxy groups -OCH3 is 1. The van der Waals surface area contributed by atoms with Crippen LogP contribution in [0.1, 0.15) is 31.1 Å². The second kappa shape index (κ2) is 7.70. The van der Waals surface area contributed by atoms with Crippen molar-refractivity contribution in [2.24, 2.45) is 0 Å². The number of hydrogen-bond donors (Lipinski definition) is 2. The summed E-state index contributed by atoms with van der Waals surface area (Å²) in [6.07, 6.45) is -0.574. The average molecular weight is 342 g/mol.